The van der Waals surface area contributed by atoms with Gasteiger partial charge in [-0.2, -0.15) is 5.10 Å². The molecule has 0 radical (unpaired) electrons. The number of pyridine rings is 1. The molecule has 1 fully saturated rings. The van der Waals surface area contributed by atoms with Gasteiger partial charge in [-0.1, -0.05) is 11.8 Å². The topological polar surface area (TPSA) is 161 Å². The summed E-state index contributed by atoms with van der Waals surface area (Å²) in [4.78, 5) is 16.1. The number of nitrogens with zero attached hydrogens (tertiary/aromatic N) is 2. The van der Waals surface area contributed by atoms with Gasteiger partial charge < -0.3 is 30.5 Å². The predicted octanol–water partition coefficient (Wildman–Crippen LogP) is 0.217. The monoisotopic (exact) mass is 436 g/mol. The molecule has 0 bridgehead atoms. The number of hydrogen-bond acceptors (Lipinski definition) is 8. The zero-order valence-electron chi connectivity index (χ0n) is 16.9. The number of aromatic amines is 1. The second kappa shape index (κ2) is 8.68. The number of aliphatic hydroxyl groups excluding tert-OH is 4. The van der Waals surface area contributed by atoms with Gasteiger partial charge in [0.2, 0.25) is 0 Å². The molecular weight excluding hydrogens is 416 g/mol. The Balaban J connectivity index is 1.74. The van der Waals surface area contributed by atoms with E-state index in [0.29, 0.717) is 28.5 Å². The Morgan fingerprint density at radius 1 is 1.16 bits per heavy atom. The molecule has 4 atom stereocenters. The van der Waals surface area contributed by atoms with Crippen molar-refractivity contribution in [3.05, 3.63) is 59.9 Å². The summed E-state index contributed by atoms with van der Waals surface area (Å²) >= 11 is 0. The summed E-state index contributed by atoms with van der Waals surface area (Å²) in [6.07, 6.45) is -0.578. The number of fused-ring (bicyclic) bond motifs is 1. The molecule has 0 unspecified atom stereocenters. The number of ether oxygens (including phenoxy) is 1. The van der Waals surface area contributed by atoms with Crippen LogP contribution in [0.4, 0.5) is 0 Å². The molecule has 6 N–H and O–H groups in total. The van der Waals surface area contributed by atoms with Crippen LogP contribution in [-0.2, 0) is 4.74 Å². The Kier molecular flexibility index (Phi) is 5.79. The number of hydrogen-bond donors (Lipinski definition) is 6. The highest BCUT2D eigenvalue weighted by atomic mass is 16.5. The van der Waals surface area contributed by atoms with E-state index in [2.05, 4.69) is 32.3 Å². The Hall–Kier alpha value is -3.91. The zero-order chi connectivity index (χ0) is 22.8. The van der Waals surface area contributed by atoms with Crippen molar-refractivity contribution in [2.75, 3.05) is 7.05 Å². The molecule has 1 amide bonds. The van der Waals surface area contributed by atoms with Gasteiger partial charge in [0, 0.05) is 30.4 Å². The van der Waals surface area contributed by atoms with Crippen molar-refractivity contribution in [2.45, 2.75) is 24.4 Å². The van der Waals surface area contributed by atoms with Crippen LogP contribution in [0.15, 0.2) is 48.8 Å². The van der Waals surface area contributed by atoms with E-state index in [4.69, 9.17) is 4.74 Å². The van der Waals surface area contributed by atoms with Gasteiger partial charge in [-0.25, -0.2) is 0 Å². The highest BCUT2D eigenvalue weighted by Gasteiger charge is 2.40. The first-order valence-electron chi connectivity index (χ1n) is 9.64. The quantitative estimate of drug-likeness (QED) is 0.246. The van der Waals surface area contributed by atoms with Crippen LogP contribution in [0.3, 0.4) is 0 Å². The zero-order valence-corrected chi connectivity index (χ0v) is 16.9. The van der Waals surface area contributed by atoms with Crippen molar-refractivity contribution in [3.8, 4) is 23.0 Å². The maximum absolute atomic E-state index is 12.0. The van der Waals surface area contributed by atoms with Crippen LogP contribution >= 0.6 is 0 Å². The fourth-order valence-corrected chi connectivity index (χ4v) is 3.38. The van der Waals surface area contributed by atoms with Gasteiger partial charge in [0.15, 0.2) is 11.9 Å². The fourth-order valence-electron chi connectivity index (χ4n) is 3.38. The molecule has 2 aromatic heterocycles. The Labute approximate surface area is 182 Å². The third-order valence-corrected chi connectivity index (χ3v) is 5.12. The number of H-pyrrole nitrogens is 1. The Bertz CT molecular complexity index is 1260. The molecule has 1 aliphatic heterocycles. The van der Waals surface area contributed by atoms with E-state index in [9.17, 15) is 25.2 Å². The highest BCUT2D eigenvalue weighted by molar-refractivity contribution is 5.95. The first-order chi connectivity index (χ1) is 15.4. The number of aliphatic hydroxyl groups is 4. The first-order valence-corrected chi connectivity index (χ1v) is 9.64. The number of aromatic nitrogens is 3. The summed E-state index contributed by atoms with van der Waals surface area (Å²) in [5.41, 5.74) is 2.99. The molecule has 3 heterocycles. The number of carbonyl (C=O) groups is 1. The molecule has 0 spiro atoms. The van der Waals surface area contributed by atoms with E-state index in [1.165, 1.54) is 13.2 Å². The first kappa shape index (κ1) is 21.3. The third-order valence-electron chi connectivity index (χ3n) is 5.12. The highest BCUT2D eigenvalue weighted by Crippen LogP contribution is 2.27. The summed E-state index contributed by atoms with van der Waals surface area (Å²) < 4.78 is 5.31. The van der Waals surface area contributed by atoms with Crippen LogP contribution in [0.5, 0.6) is 0 Å². The average Bonchev–Trinajstić information content (AvgIpc) is 3.30. The van der Waals surface area contributed by atoms with Crippen molar-refractivity contribution < 1.29 is 30.0 Å². The molecule has 0 saturated carbocycles. The van der Waals surface area contributed by atoms with Gasteiger partial charge in [0.05, 0.1) is 22.8 Å². The van der Waals surface area contributed by atoms with Gasteiger partial charge in [0.25, 0.3) is 5.91 Å². The maximum atomic E-state index is 12.0. The lowest BCUT2D eigenvalue weighted by molar-refractivity contribution is -0.140. The maximum Gasteiger partial charge on any atom is 0.252 e. The molecule has 1 aromatic carbocycles. The molecular formula is C22H20N4O6. The Morgan fingerprint density at radius 2 is 1.97 bits per heavy atom. The minimum atomic E-state index is -1.57. The van der Waals surface area contributed by atoms with Crippen LogP contribution in [0.25, 0.3) is 22.0 Å². The smallest absolute Gasteiger partial charge is 0.252 e. The number of benzene rings is 1. The molecule has 0 aliphatic carbocycles. The van der Waals surface area contributed by atoms with Gasteiger partial charge in [0.1, 0.15) is 24.6 Å². The van der Waals surface area contributed by atoms with E-state index >= 15 is 0 Å². The number of nitrogens with one attached hydrogen (secondary N) is 2. The standard InChI is InChI=1S/C22H20N4O6/c1-23-22(31)15-6-13(7-24-8-15)12-4-11(18-14(5-12)9-25-26-18)2-3-16-19(28)21(30)20(29)17(10-27)32-16/h4-10,16,19-21,27-30H,1H3,(H,23,31)(H,25,26)/b17-10+/t16-,19-,20-,21-/m1/s1. The van der Waals surface area contributed by atoms with Crippen molar-refractivity contribution in [3.63, 3.8) is 0 Å². The number of carbonyl (C=O) groups excluding carboxylic acids is 1. The second-order valence-corrected chi connectivity index (χ2v) is 7.16. The van der Waals surface area contributed by atoms with Gasteiger partial charge in [-0.05, 0) is 23.8 Å². The minimum absolute atomic E-state index is 0.263. The van der Waals surface area contributed by atoms with E-state index in [-0.39, 0.29) is 11.7 Å². The average molecular weight is 436 g/mol. The molecule has 3 aromatic rings. The van der Waals surface area contributed by atoms with Crippen molar-refractivity contribution in [1.29, 1.82) is 0 Å². The normalized spacial score (nSPS) is 23.9. The Morgan fingerprint density at radius 3 is 2.72 bits per heavy atom. The van der Waals surface area contributed by atoms with Crippen molar-refractivity contribution >= 4 is 16.8 Å². The van der Waals surface area contributed by atoms with Crippen LogP contribution in [0, 0.1) is 11.8 Å². The van der Waals surface area contributed by atoms with Crippen LogP contribution < -0.4 is 5.32 Å². The molecule has 32 heavy (non-hydrogen) atoms. The lowest BCUT2D eigenvalue weighted by atomic mass is 9.97. The molecule has 4 rings (SSSR count). The number of rotatable bonds is 2. The number of amides is 1. The van der Waals surface area contributed by atoms with Crippen LogP contribution in [-0.4, -0.2) is 73.0 Å². The van der Waals surface area contributed by atoms with Crippen molar-refractivity contribution in [1.82, 2.24) is 20.5 Å². The second-order valence-electron chi connectivity index (χ2n) is 7.16. The summed E-state index contributed by atoms with van der Waals surface area (Å²) in [5.74, 6) is 5.08. The van der Waals surface area contributed by atoms with E-state index < -0.39 is 24.4 Å². The predicted molar refractivity (Wildman–Crippen MR) is 113 cm³/mol. The molecule has 1 saturated heterocycles. The molecule has 1 aliphatic rings. The summed E-state index contributed by atoms with van der Waals surface area (Å²) in [6.45, 7) is 0. The van der Waals surface area contributed by atoms with E-state index in [1.54, 1.807) is 24.5 Å². The summed E-state index contributed by atoms with van der Waals surface area (Å²) in [6, 6.07) is 5.34. The van der Waals surface area contributed by atoms with E-state index in [1.807, 2.05) is 6.07 Å². The molecule has 10 nitrogen and oxygen atoms in total. The van der Waals surface area contributed by atoms with Crippen LogP contribution in [0.2, 0.25) is 0 Å². The molecule has 164 valence electrons. The van der Waals surface area contributed by atoms with Gasteiger partial charge in [-0.3, -0.25) is 14.9 Å². The van der Waals surface area contributed by atoms with Crippen LogP contribution in [0.1, 0.15) is 15.9 Å². The van der Waals surface area contributed by atoms with Gasteiger partial charge in [-0.15, -0.1) is 0 Å². The summed E-state index contributed by atoms with van der Waals surface area (Å²) in [7, 11) is 1.54. The lowest BCUT2D eigenvalue weighted by Gasteiger charge is -2.34. The van der Waals surface area contributed by atoms with Crippen molar-refractivity contribution in [2.24, 2.45) is 0 Å². The minimum Gasteiger partial charge on any atom is -0.512 e. The third kappa shape index (κ3) is 3.88. The SMILES string of the molecule is CNC(=O)c1cncc(-c2cc(C#C[C@H]3O/C(=C/O)[C@@H](O)[C@H](O)[C@@H]3O)c3[nH]ncc3c2)c1. The summed E-state index contributed by atoms with van der Waals surface area (Å²) in [5, 5.41) is 49.4. The fraction of sp³-hybridized carbons (Fsp3) is 0.227. The molecule has 10 heteroatoms. The lowest BCUT2D eigenvalue weighted by Crippen LogP contribution is -2.51. The largest absolute Gasteiger partial charge is 0.512 e. The van der Waals surface area contributed by atoms with Gasteiger partial charge >= 0.3 is 0 Å². The van der Waals surface area contributed by atoms with E-state index in [0.717, 1.165) is 10.9 Å².